The number of unbranched alkanes of at least 4 members (excludes halogenated alkanes) is 2. The maximum atomic E-state index is 12.3. The molecule has 0 bridgehead atoms. The summed E-state index contributed by atoms with van der Waals surface area (Å²) in [6.07, 6.45) is 5.69. The molecule has 2 amide bonds. The lowest BCUT2D eigenvalue weighted by atomic mass is 10.1. The molecule has 0 atom stereocenters. The second kappa shape index (κ2) is 10.2. The summed E-state index contributed by atoms with van der Waals surface area (Å²) in [6.45, 7) is 0.341. The second-order valence-corrected chi connectivity index (χ2v) is 7.03. The van der Waals surface area contributed by atoms with E-state index in [2.05, 4.69) is 30.9 Å². The Hall–Kier alpha value is -3.91. The molecule has 0 aliphatic rings. The lowest BCUT2D eigenvalue weighted by Crippen LogP contribution is -2.36. The van der Waals surface area contributed by atoms with E-state index in [1.54, 1.807) is 12.1 Å². The van der Waals surface area contributed by atoms with Gasteiger partial charge < -0.3 is 16.4 Å². The van der Waals surface area contributed by atoms with Crippen LogP contribution in [-0.4, -0.2) is 43.3 Å². The minimum absolute atomic E-state index is 0.197. The van der Waals surface area contributed by atoms with Crippen LogP contribution in [0.4, 0.5) is 11.5 Å². The Kier molecular flexibility index (Phi) is 7.18. The van der Waals surface area contributed by atoms with Gasteiger partial charge in [0.2, 0.25) is 0 Å². The molecular formula is C19H20ClN9O2. The van der Waals surface area contributed by atoms with Crippen LogP contribution in [0.25, 0.3) is 5.69 Å². The Morgan fingerprint density at radius 3 is 2.84 bits per heavy atom. The number of hydrogen-bond acceptors (Lipinski definition) is 7. The first-order valence-corrected chi connectivity index (χ1v) is 9.84. The van der Waals surface area contributed by atoms with Crippen molar-refractivity contribution < 1.29 is 9.59 Å². The number of nitrogens with one attached hydrogen (secondary N) is 3. The van der Waals surface area contributed by atoms with Gasteiger partial charge >= 0.3 is 11.8 Å². The summed E-state index contributed by atoms with van der Waals surface area (Å²) in [6, 6.07) is 6.86. The van der Waals surface area contributed by atoms with Gasteiger partial charge in [0.1, 0.15) is 24.3 Å². The number of aryl methyl sites for hydroxylation is 1. The number of carbonyl (C=O) groups is 2. The molecule has 160 valence electrons. The summed E-state index contributed by atoms with van der Waals surface area (Å²) in [7, 11) is 0. The maximum absolute atomic E-state index is 12.3. The summed E-state index contributed by atoms with van der Waals surface area (Å²) in [5, 5.41) is 25.2. The Labute approximate surface area is 182 Å². The minimum atomic E-state index is -0.810. The van der Waals surface area contributed by atoms with Crippen molar-refractivity contribution in [2.24, 2.45) is 0 Å². The molecule has 11 nitrogen and oxygen atoms in total. The minimum Gasteiger partial charge on any atom is -0.381 e. The van der Waals surface area contributed by atoms with Crippen LogP contribution in [0.3, 0.4) is 0 Å². The molecule has 0 spiro atoms. The van der Waals surface area contributed by atoms with E-state index < -0.39 is 11.8 Å². The number of rotatable bonds is 8. The fraction of sp³-hybridized carbons (Fsp3) is 0.263. The van der Waals surface area contributed by atoms with Gasteiger partial charge in [0.05, 0.1) is 17.1 Å². The third-order valence-electron chi connectivity index (χ3n) is 4.45. The van der Waals surface area contributed by atoms with E-state index in [4.69, 9.17) is 22.6 Å². The second-order valence-electron chi connectivity index (χ2n) is 6.60. The first kappa shape index (κ1) is 21.8. The van der Waals surface area contributed by atoms with E-state index in [1.807, 2.05) is 6.07 Å². The summed E-state index contributed by atoms with van der Waals surface area (Å²) in [4.78, 5) is 28.2. The molecule has 0 aliphatic heterocycles. The van der Waals surface area contributed by atoms with Crippen LogP contribution in [0.15, 0.2) is 30.9 Å². The molecule has 5 N–H and O–H groups in total. The predicted molar refractivity (Wildman–Crippen MR) is 113 cm³/mol. The molecule has 3 aromatic rings. The van der Waals surface area contributed by atoms with Crippen molar-refractivity contribution in [2.45, 2.75) is 25.7 Å². The molecule has 0 fully saturated rings. The molecule has 0 aliphatic carbocycles. The lowest BCUT2D eigenvalue weighted by molar-refractivity contribution is -0.136. The van der Waals surface area contributed by atoms with Crippen LogP contribution in [0.1, 0.15) is 30.5 Å². The molecule has 0 radical (unpaired) electrons. The molecule has 0 saturated carbocycles. The zero-order valence-corrected chi connectivity index (χ0v) is 17.2. The van der Waals surface area contributed by atoms with Gasteiger partial charge in [0.15, 0.2) is 5.82 Å². The zero-order chi connectivity index (χ0) is 22.2. The molecular weight excluding hydrogens is 422 g/mol. The normalized spacial score (nSPS) is 10.5. The highest BCUT2D eigenvalue weighted by atomic mass is 35.5. The highest BCUT2D eigenvalue weighted by molar-refractivity contribution is 6.40. The quantitative estimate of drug-likeness (QED) is 0.304. The number of aromatic nitrogens is 5. The maximum Gasteiger partial charge on any atom is 0.313 e. The summed E-state index contributed by atoms with van der Waals surface area (Å²) in [5.41, 5.74) is 7.54. The third kappa shape index (κ3) is 5.58. The van der Waals surface area contributed by atoms with E-state index >= 15 is 0 Å². The lowest BCUT2D eigenvalue weighted by Gasteiger charge is -2.11. The highest BCUT2D eigenvalue weighted by Gasteiger charge is 2.16. The number of aromatic amines is 1. The first-order valence-electron chi connectivity index (χ1n) is 9.46. The standard InChI is InChI=1S/C19H20ClN9O2/c20-12-5-6-16(29-11-23-10-25-29)15(8-12)26-19(31)18(30)24-7-3-1-2-4-14-13(9-21)17(22)28-27-14/h5-6,8,10-11H,1-4,7H2,(H,24,30)(H,26,31)(H3,22,27,28). The summed E-state index contributed by atoms with van der Waals surface area (Å²) in [5.74, 6) is -1.37. The molecule has 0 saturated heterocycles. The fourth-order valence-electron chi connectivity index (χ4n) is 2.91. The smallest absolute Gasteiger partial charge is 0.313 e. The highest BCUT2D eigenvalue weighted by Crippen LogP contribution is 2.23. The molecule has 3 rings (SSSR count). The molecule has 2 aromatic heterocycles. The Morgan fingerprint density at radius 2 is 2.10 bits per heavy atom. The number of halogens is 1. The Balaban J connectivity index is 1.44. The number of amides is 2. The number of benzene rings is 1. The zero-order valence-electron chi connectivity index (χ0n) is 16.4. The average molecular weight is 442 g/mol. The number of H-pyrrole nitrogens is 1. The van der Waals surface area contributed by atoms with E-state index in [0.29, 0.717) is 47.0 Å². The first-order chi connectivity index (χ1) is 15.0. The van der Waals surface area contributed by atoms with Crippen molar-refractivity contribution in [2.75, 3.05) is 17.6 Å². The number of hydrogen-bond donors (Lipinski definition) is 4. The van der Waals surface area contributed by atoms with E-state index in [1.165, 1.54) is 23.4 Å². The van der Waals surface area contributed by atoms with E-state index in [-0.39, 0.29) is 5.82 Å². The van der Waals surface area contributed by atoms with Gasteiger partial charge in [-0.25, -0.2) is 9.67 Å². The van der Waals surface area contributed by atoms with Gasteiger partial charge in [-0.2, -0.15) is 15.5 Å². The number of carbonyl (C=O) groups excluding carboxylic acids is 2. The van der Waals surface area contributed by atoms with Crippen LogP contribution in [-0.2, 0) is 16.0 Å². The molecule has 1 aromatic carbocycles. The van der Waals surface area contributed by atoms with Crippen LogP contribution in [0.2, 0.25) is 5.02 Å². The molecule has 2 heterocycles. The van der Waals surface area contributed by atoms with Crippen molar-refractivity contribution >= 4 is 34.9 Å². The van der Waals surface area contributed by atoms with Crippen LogP contribution in [0, 0.1) is 11.3 Å². The van der Waals surface area contributed by atoms with Crippen molar-refractivity contribution in [1.82, 2.24) is 30.3 Å². The largest absolute Gasteiger partial charge is 0.381 e. The summed E-state index contributed by atoms with van der Waals surface area (Å²) >= 11 is 6.01. The number of anilines is 2. The summed E-state index contributed by atoms with van der Waals surface area (Å²) < 4.78 is 1.45. The van der Waals surface area contributed by atoms with Gasteiger partial charge in [0.25, 0.3) is 0 Å². The van der Waals surface area contributed by atoms with E-state index in [9.17, 15) is 9.59 Å². The van der Waals surface area contributed by atoms with Crippen molar-refractivity contribution in [3.63, 3.8) is 0 Å². The van der Waals surface area contributed by atoms with Gasteiger partial charge in [-0.05, 0) is 37.5 Å². The van der Waals surface area contributed by atoms with Gasteiger partial charge in [-0.3, -0.25) is 14.7 Å². The number of nitriles is 1. The number of nitrogen functional groups attached to an aromatic ring is 1. The van der Waals surface area contributed by atoms with E-state index in [0.717, 1.165) is 12.8 Å². The number of nitrogens with two attached hydrogens (primary N) is 1. The fourth-order valence-corrected chi connectivity index (χ4v) is 3.08. The average Bonchev–Trinajstić information content (AvgIpc) is 3.40. The topological polar surface area (TPSA) is 167 Å². The molecule has 0 unspecified atom stereocenters. The van der Waals surface area contributed by atoms with Crippen LogP contribution >= 0.6 is 11.6 Å². The monoisotopic (exact) mass is 441 g/mol. The SMILES string of the molecule is N#Cc1c(N)n[nH]c1CCCCCNC(=O)C(=O)Nc1cc(Cl)ccc1-n1cncn1. The predicted octanol–water partition coefficient (Wildman–Crippen LogP) is 1.57. The van der Waals surface area contributed by atoms with Crippen molar-refractivity contribution in [3.8, 4) is 11.8 Å². The van der Waals surface area contributed by atoms with Gasteiger partial charge in [-0.1, -0.05) is 18.0 Å². The Morgan fingerprint density at radius 1 is 1.26 bits per heavy atom. The third-order valence-corrected chi connectivity index (χ3v) is 4.68. The van der Waals surface area contributed by atoms with Gasteiger partial charge in [0, 0.05) is 11.6 Å². The van der Waals surface area contributed by atoms with Crippen molar-refractivity contribution in [1.29, 1.82) is 5.26 Å². The molecule has 12 heteroatoms. The van der Waals surface area contributed by atoms with Crippen LogP contribution in [0.5, 0.6) is 0 Å². The van der Waals surface area contributed by atoms with Crippen LogP contribution < -0.4 is 16.4 Å². The number of nitrogens with zero attached hydrogens (tertiary/aromatic N) is 5. The molecule has 31 heavy (non-hydrogen) atoms. The Bertz CT molecular complexity index is 1100. The van der Waals surface area contributed by atoms with Crippen molar-refractivity contribution in [3.05, 3.63) is 47.1 Å². The van der Waals surface area contributed by atoms with Gasteiger partial charge in [-0.15, -0.1) is 0 Å².